The minimum absolute atomic E-state index is 0.0340. The van der Waals surface area contributed by atoms with Crippen molar-refractivity contribution in [2.45, 2.75) is 328 Å². The van der Waals surface area contributed by atoms with Crippen molar-refractivity contribution < 1.29 is 42.1 Å². The summed E-state index contributed by atoms with van der Waals surface area (Å²) >= 11 is 0. The van der Waals surface area contributed by atoms with Crippen LogP contribution in [0.1, 0.15) is 322 Å². The zero-order chi connectivity index (χ0) is 66.9. The van der Waals surface area contributed by atoms with Gasteiger partial charge < -0.3 is 27.9 Å². The van der Waals surface area contributed by atoms with Crippen LogP contribution in [0.2, 0.25) is 0 Å². The van der Waals surface area contributed by atoms with Gasteiger partial charge in [0.2, 0.25) is 0 Å². The molecule has 0 aliphatic carbocycles. The first kappa shape index (κ1) is 88.2. The van der Waals surface area contributed by atoms with Gasteiger partial charge in [-0.2, -0.15) is 0 Å². The molecule has 2 atom stereocenters. The summed E-state index contributed by atoms with van der Waals surface area (Å²) < 4.78 is 34.4. The van der Waals surface area contributed by atoms with E-state index in [1.807, 2.05) is 21.1 Å². The van der Waals surface area contributed by atoms with Crippen LogP contribution in [0.5, 0.6) is 0 Å². The van der Waals surface area contributed by atoms with E-state index in [1.54, 1.807) is 0 Å². The van der Waals surface area contributed by atoms with Gasteiger partial charge in [0, 0.05) is 12.8 Å². The van der Waals surface area contributed by atoms with Crippen molar-refractivity contribution in [2.24, 2.45) is 0 Å². The maximum absolute atomic E-state index is 12.9. The van der Waals surface area contributed by atoms with E-state index in [9.17, 15) is 19.0 Å². The fourth-order valence-electron chi connectivity index (χ4n) is 10.5. The van der Waals surface area contributed by atoms with Gasteiger partial charge in [0.25, 0.3) is 7.82 Å². The molecule has 0 aromatic heterocycles. The number of quaternary nitrogens is 1. The third-order valence-electron chi connectivity index (χ3n) is 16.2. The van der Waals surface area contributed by atoms with Gasteiger partial charge in [-0.3, -0.25) is 14.2 Å². The zero-order valence-corrected chi connectivity index (χ0v) is 61.1. The Hall–Kier alpha value is -3.85. The highest BCUT2D eigenvalue weighted by molar-refractivity contribution is 7.45. The summed E-state index contributed by atoms with van der Waals surface area (Å²) in [7, 11) is 1.17. The lowest BCUT2D eigenvalue weighted by atomic mass is 10.0. The van der Waals surface area contributed by atoms with E-state index in [4.69, 9.17) is 18.5 Å². The highest BCUT2D eigenvalue weighted by atomic mass is 31.2. The molecule has 528 valence electrons. The molecule has 0 heterocycles. The second-order valence-corrected chi connectivity index (χ2v) is 27.7. The van der Waals surface area contributed by atoms with Gasteiger partial charge in [-0.15, -0.1) is 0 Å². The lowest BCUT2D eigenvalue weighted by Gasteiger charge is -2.28. The van der Waals surface area contributed by atoms with Crippen LogP contribution in [0.3, 0.4) is 0 Å². The lowest BCUT2D eigenvalue weighted by Crippen LogP contribution is -2.37. The van der Waals surface area contributed by atoms with Crippen LogP contribution in [-0.4, -0.2) is 70.0 Å². The Morgan fingerprint density at radius 3 is 0.870 bits per heavy atom. The van der Waals surface area contributed by atoms with E-state index in [0.717, 1.165) is 109 Å². The van der Waals surface area contributed by atoms with Crippen molar-refractivity contribution in [2.75, 3.05) is 47.5 Å². The van der Waals surface area contributed by atoms with Crippen LogP contribution < -0.4 is 4.89 Å². The van der Waals surface area contributed by atoms with Gasteiger partial charge in [0.05, 0.1) is 27.7 Å². The molecule has 0 saturated heterocycles. The number of likely N-dealkylation sites (N-methyl/N-ethyl adjacent to an activating group) is 1. The fraction of sp³-hybridized carbons (Fsp3) is 0.707. The van der Waals surface area contributed by atoms with Crippen molar-refractivity contribution in [3.8, 4) is 0 Å². The number of hydrogen-bond acceptors (Lipinski definition) is 8. The zero-order valence-electron chi connectivity index (χ0n) is 60.2. The van der Waals surface area contributed by atoms with Crippen LogP contribution in [0, 0.1) is 0 Å². The molecule has 0 N–H and O–H groups in total. The Kier molecular flexibility index (Phi) is 68.5. The van der Waals surface area contributed by atoms with Gasteiger partial charge >= 0.3 is 11.9 Å². The monoisotopic (exact) mass is 1300 g/mol. The Bertz CT molecular complexity index is 2020. The molecule has 0 aliphatic heterocycles. The number of nitrogens with zero attached hydrogens (tertiary/aromatic N) is 1. The van der Waals surface area contributed by atoms with Gasteiger partial charge in [0.15, 0.2) is 6.10 Å². The van der Waals surface area contributed by atoms with Crippen LogP contribution in [-0.2, 0) is 32.7 Å². The summed E-state index contributed by atoms with van der Waals surface area (Å²) in [5, 5.41) is 0. The topological polar surface area (TPSA) is 111 Å². The van der Waals surface area contributed by atoms with Crippen molar-refractivity contribution in [1.29, 1.82) is 0 Å². The van der Waals surface area contributed by atoms with Gasteiger partial charge in [-0.25, -0.2) is 0 Å². The molecule has 0 fully saturated rings. The third kappa shape index (κ3) is 75.2. The van der Waals surface area contributed by atoms with E-state index >= 15 is 0 Å². The van der Waals surface area contributed by atoms with E-state index in [2.05, 4.69) is 148 Å². The maximum atomic E-state index is 12.9. The Morgan fingerprint density at radius 2 is 0.587 bits per heavy atom. The number of carbonyl (C=O) groups excluding carboxylic acids is 2. The molecule has 10 heteroatoms. The third-order valence-corrected chi connectivity index (χ3v) is 17.1. The van der Waals surface area contributed by atoms with Crippen LogP contribution >= 0.6 is 7.82 Å². The Balaban J connectivity index is 4.00. The minimum Gasteiger partial charge on any atom is -0.756 e. The summed E-state index contributed by atoms with van der Waals surface area (Å²) in [5.41, 5.74) is 0. The molecule has 0 bridgehead atoms. The molecule has 2 unspecified atom stereocenters. The highest BCUT2D eigenvalue weighted by Crippen LogP contribution is 2.38. The number of unbranched alkanes of at least 4 members (excludes halogenated alkanes) is 33. The summed E-state index contributed by atoms with van der Waals surface area (Å²) in [6.07, 6.45) is 104. The predicted octanol–water partition coefficient (Wildman–Crippen LogP) is 24.5. The molecule has 92 heavy (non-hydrogen) atoms. The largest absolute Gasteiger partial charge is 0.756 e. The molecule has 0 rings (SSSR count). The molecule has 0 aromatic carbocycles. The lowest BCUT2D eigenvalue weighted by molar-refractivity contribution is -0.870. The van der Waals surface area contributed by atoms with E-state index < -0.39 is 26.5 Å². The first-order valence-electron chi connectivity index (χ1n) is 37.9. The first-order chi connectivity index (χ1) is 45.0. The standard InChI is InChI=1S/C82H142NO8P/c1-6-8-10-12-14-16-18-20-22-24-26-28-30-32-34-36-38-40-41-43-45-47-49-51-53-55-57-59-61-63-65-67-69-71-73-75-82(85)91-80(79-90-92(86,87)89-77-76-83(3,4)5)78-88-81(84)74-72-70-68-66-64-62-60-58-56-54-52-50-48-46-44-42-39-37-35-33-31-29-27-25-23-21-19-17-15-13-11-9-7-2/h8-11,14-17,20-23,26-29,32-35,38,40,80H,6-7,12-13,18-19,24-25,30-31,36-37,39,41-79H2,1-5H3/b10-8-,11-9-,16-14-,17-15-,22-20-,23-21-,28-26-,29-27-,34-32-,35-33-,40-38-. The average Bonchev–Trinajstić information content (AvgIpc) is 2.14. The molecule has 0 aliphatic rings. The van der Waals surface area contributed by atoms with E-state index in [0.29, 0.717) is 17.4 Å². The summed E-state index contributed by atoms with van der Waals surface area (Å²) in [5.74, 6) is -0.826. The van der Waals surface area contributed by atoms with E-state index in [-0.39, 0.29) is 32.0 Å². The molecular weight excluding hydrogens is 1160 g/mol. The smallest absolute Gasteiger partial charge is 0.306 e. The number of ether oxygens (including phenoxy) is 2. The molecule has 9 nitrogen and oxygen atoms in total. The SMILES string of the molecule is CC/C=C\C/C=C\C/C=C\C/C=C\C/C=C\C/C=C\CCCCCCCCCCCCCCCCCCC(=O)OC(COC(=O)CCCCCCCCCCCCCCCCCCC/C=C\C/C=C\C/C=C\C/C=C\C/C=C\CC)COP(=O)([O-])OCC[N+](C)(C)C. The summed E-state index contributed by atoms with van der Waals surface area (Å²) in [4.78, 5) is 38.2. The second kappa shape index (κ2) is 71.4. The van der Waals surface area contributed by atoms with Crippen molar-refractivity contribution in [3.05, 3.63) is 134 Å². The Morgan fingerprint density at radius 1 is 0.337 bits per heavy atom. The van der Waals surface area contributed by atoms with Gasteiger partial charge in [0.1, 0.15) is 19.8 Å². The quantitative estimate of drug-likeness (QED) is 0.0195. The fourth-order valence-corrected chi connectivity index (χ4v) is 11.2. The van der Waals surface area contributed by atoms with Gasteiger partial charge in [-0.1, -0.05) is 334 Å². The number of phosphoric ester groups is 1. The molecule has 0 radical (unpaired) electrons. The summed E-state index contributed by atoms with van der Waals surface area (Å²) in [6.45, 7) is 4.04. The van der Waals surface area contributed by atoms with Crippen LogP contribution in [0.25, 0.3) is 0 Å². The van der Waals surface area contributed by atoms with Crippen LogP contribution in [0.4, 0.5) is 0 Å². The highest BCUT2D eigenvalue weighted by Gasteiger charge is 2.22. The number of phosphoric acid groups is 1. The predicted molar refractivity (Wildman–Crippen MR) is 397 cm³/mol. The average molecular weight is 1300 g/mol. The Labute approximate surface area is 568 Å². The number of allylic oxidation sites excluding steroid dienone is 22. The minimum atomic E-state index is -4.65. The van der Waals surface area contributed by atoms with Crippen molar-refractivity contribution in [3.63, 3.8) is 0 Å². The van der Waals surface area contributed by atoms with Crippen molar-refractivity contribution >= 4 is 19.8 Å². The molecule has 0 aromatic rings. The molecular formula is C82H142NO8P. The number of carbonyl (C=O) groups is 2. The van der Waals surface area contributed by atoms with Gasteiger partial charge in [-0.05, 0) is 109 Å². The normalized spacial score (nSPS) is 13.8. The summed E-state index contributed by atoms with van der Waals surface area (Å²) in [6, 6.07) is 0. The van der Waals surface area contributed by atoms with E-state index in [1.165, 1.54) is 180 Å². The number of esters is 2. The molecule has 0 spiro atoms. The molecule has 0 saturated carbocycles. The van der Waals surface area contributed by atoms with Crippen molar-refractivity contribution in [1.82, 2.24) is 0 Å². The molecule has 0 amide bonds. The second-order valence-electron chi connectivity index (χ2n) is 26.3. The number of rotatable bonds is 69. The van der Waals surface area contributed by atoms with Crippen LogP contribution in [0.15, 0.2) is 134 Å². The number of hydrogen-bond donors (Lipinski definition) is 0. The first-order valence-corrected chi connectivity index (χ1v) is 39.4. The maximum Gasteiger partial charge on any atom is 0.306 e.